The number of aliphatic hydroxyl groups is 1. The van der Waals surface area contributed by atoms with Gasteiger partial charge in [-0.2, -0.15) is 0 Å². The minimum Gasteiger partial charge on any atom is -0.385 e. The highest BCUT2D eigenvalue weighted by molar-refractivity contribution is 5.00. The zero-order valence-electron chi connectivity index (χ0n) is 9.56. The summed E-state index contributed by atoms with van der Waals surface area (Å²) in [4.78, 5) is 4.28. The molecule has 0 saturated heterocycles. The first kappa shape index (κ1) is 10.7. The van der Waals surface area contributed by atoms with Crippen LogP contribution in [0.3, 0.4) is 0 Å². The fraction of sp³-hybridized carbons (Fsp3) is 0.750. The number of rotatable bonds is 5. The first-order valence-electron chi connectivity index (χ1n) is 5.93. The number of hydrogen-bond donors (Lipinski definition) is 1. The van der Waals surface area contributed by atoms with Crippen molar-refractivity contribution in [3.05, 3.63) is 18.2 Å². The van der Waals surface area contributed by atoms with Crippen LogP contribution in [-0.2, 0) is 6.54 Å². The van der Waals surface area contributed by atoms with Crippen LogP contribution in [0.1, 0.15) is 45.0 Å². The second kappa shape index (κ2) is 4.35. The Morgan fingerprint density at radius 3 is 2.93 bits per heavy atom. The Labute approximate surface area is 91.1 Å². The van der Waals surface area contributed by atoms with Crippen LogP contribution >= 0.6 is 0 Å². The molecule has 0 radical (unpaired) electrons. The average molecular weight is 208 g/mol. The molecule has 1 saturated carbocycles. The van der Waals surface area contributed by atoms with E-state index in [9.17, 15) is 5.11 Å². The van der Waals surface area contributed by atoms with E-state index < -0.39 is 0 Å². The number of nitrogens with zero attached hydrogens (tertiary/aromatic N) is 2. The van der Waals surface area contributed by atoms with E-state index in [1.165, 1.54) is 12.8 Å². The summed E-state index contributed by atoms with van der Waals surface area (Å²) in [5.74, 6) is 1.91. The topological polar surface area (TPSA) is 38.0 Å². The van der Waals surface area contributed by atoms with Crippen LogP contribution in [-0.4, -0.2) is 14.7 Å². The Bertz CT molecular complexity index is 317. The molecule has 0 bridgehead atoms. The van der Waals surface area contributed by atoms with Crippen molar-refractivity contribution in [3.63, 3.8) is 0 Å². The number of aromatic nitrogens is 2. The van der Waals surface area contributed by atoms with Crippen molar-refractivity contribution < 1.29 is 5.11 Å². The summed E-state index contributed by atoms with van der Waals surface area (Å²) in [6, 6.07) is 0. The standard InChI is InChI=1S/C12H20N2O/c1-3-7-14-8-6-13-12(14)11(15)9(2)10-4-5-10/h6,8-11,15H,3-5,7H2,1-2H3. The molecule has 1 N–H and O–H groups in total. The van der Waals surface area contributed by atoms with Gasteiger partial charge in [0.1, 0.15) is 11.9 Å². The van der Waals surface area contributed by atoms with Gasteiger partial charge in [0, 0.05) is 18.9 Å². The van der Waals surface area contributed by atoms with Gasteiger partial charge in [-0.1, -0.05) is 13.8 Å². The lowest BCUT2D eigenvalue weighted by atomic mass is 9.99. The molecule has 1 fully saturated rings. The molecular formula is C12H20N2O. The Kier molecular flexibility index (Phi) is 3.10. The zero-order chi connectivity index (χ0) is 10.8. The van der Waals surface area contributed by atoms with Crippen molar-refractivity contribution in [2.45, 2.75) is 45.8 Å². The van der Waals surface area contributed by atoms with E-state index in [1.54, 1.807) is 6.20 Å². The Morgan fingerprint density at radius 1 is 1.60 bits per heavy atom. The lowest BCUT2D eigenvalue weighted by molar-refractivity contribution is 0.0933. The molecule has 84 valence electrons. The van der Waals surface area contributed by atoms with Crippen molar-refractivity contribution in [1.82, 2.24) is 9.55 Å². The van der Waals surface area contributed by atoms with E-state index in [1.807, 2.05) is 6.20 Å². The lowest BCUT2D eigenvalue weighted by Crippen LogP contribution is -2.16. The van der Waals surface area contributed by atoms with E-state index in [4.69, 9.17) is 0 Å². The van der Waals surface area contributed by atoms with Crippen LogP contribution in [0.2, 0.25) is 0 Å². The van der Waals surface area contributed by atoms with Gasteiger partial charge in [-0.05, 0) is 31.1 Å². The van der Waals surface area contributed by atoms with Crippen LogP contribution in [0.4, 0.5) is 0 Å². The van der Waals surface area contributed by atoms with Gasteiger partial charge in [0.2, 0.25) is 0 Å². The predicted molar refractivity (Wildman–Crippen MR) is 59.4 cm³/mol. The van der Waals surface area contributed by atoms with E-state index in [-0.39, 0.29) is 6.10 Å². The highest BCUT2D eigenvalue weighted by Crippen LogP contribution is 2.42. The van der Waals surface area contributed by atoms with E-state index in [0.29, 0.717) is 11.8 Å². The number of hydrogen-bond acceptors (Lipinski definition) is 2. The van der Waals surface area contributed by atoms with Crippen LogP contribution in [0.15, 0.2) is 12.4 Å². The van der Waals surface area contributed by atoms with Gasteiger partial charge in [0.15, 0.2) is 0 Å². The van der Waals surface area contributed by atoms with Gasteiger partial charge in [0.05, 0.1) is 0 Å². The normalized spacial score (nSPS) is 20.2. The molecule has 1 aromatic heterocycles. The van der Waals surface area contributed by atoms with Crippen LogP contribution < -0.4 is 0 Å². The molecule has 2 rings (SSSR count). The molecule has 15 heavy (non-hydrogen) atoms. The maximum Gasteiger partial charge on any atom is 0.137 e. The third-order valence-electron chi connectivity index (χ3n) is 3.34. The molecule has 1 aromatic rings. The SMILES string of the molecule is CCCn1ccnc1C(O)C(C)C1CC1. The fourth-order valence-electron chi connectivity index (χ4n) is 2.13. The predicted octanol–water partition coefficient (Wildman–Crippen LogP) is 2.37. The molecule has 0 spiro atoms. The van der Waals surface area contributed by atoms with Crippen molar-refractivity contribution in [3.8, 4) is 0 Å². The maximum absolute atomic E-state index is 10.2. The van der Waals surface area contributed by atoms with Crippen LogP contribution in [0.25, 0.3) is 0 Å². The van der Waals surface area contributed by atoms with Gasteiger partial charge in [-0.3, -0.25) is 0 Å². The minimum absolute atomic E-state index is 0.350. The van der Waals surface area contributed by atoms with Gasteiger partial charge in [-0.25, -0.2) is 4.98 Å². The summed E-state index contributed by atoms with van der Waals surface area (Å²) in [6.45, 7) is 5.22. The fourth-order valence-corrected chi connectivity index (χ4v) is 2.13. The van der Waals surface area contributed by atoms with E-state index >= 15 is 0 Å². The molecule has 1 aliphatic rings. The molecule has 0 amide bonds. The van der Waals surface area contributed by atoms with Crippen molar-refractivity contribution >= 4 is 0 Å². The number of aryl methyl sites for hydroxylation is 1. The summed E-state index contributed by atoms with van der Waals surface area (Å²) in [5, 5.41) is 10.2. The molecule has 1 heterocycles. The molecule has 3 heteroatoms. The summed E-state index contributed by atoms with van der Waals surface area (Å²) < 4.78 is 2.07. The number of aliphatic hydroxyl groups excluding tert-OH is 1. The van der Waals surface area contributed by atoms with Crippen molar-refractivity contribution in [2.75, 3.05) is 0 Å². The molecule has 3 nitrogen and oxygen atoms in total. The van der Waals surface area contributed by atoms with E-state index in [2.05, 4.69) is 23.4 Å². The van der Waals surface area contributed by atoms with Gasteiger partial charge >= 0.3 is 0 Å². The van der Waals surface area contributed by atoms with Crippen molar-refractivity contribution in [1.29, 1.82) is 0 Å². The average Bonchev–Trinajstić information content (AvgIpc) is 2.98. The molecule has 2 unspecified atom stereocenters. The van der Waals surface area contributed by atoms with Gasteiger partial charge in [-0.15, -0.1) is 0 Å². The second-order valence-corrected chi connectivity index (χ2v) is 4.62. The number of imidazole rings is 1. The maximum atomic E-state index is 10.2. The minimum atomic E-state index is -0.390. The first-order valence-corrected chi connectivity index (χ1v) is 5.93. The second-order valence-electron chi connectivity index (χ2n) is 4.62. The summed E-state index contributed by atoms with van der Waals surface area (Å²) >= 11 is 0. The Balaban J connectivity index is 2.09. The monoisotopic (exact) mass is 208 g/mol. The van der Waals surface area contributed by atoms with Crippen LogP contribution in [0, 0.1) is 11.8 Å². The molecule has 1 aliphatic carbocycles. The molecule has 0 aliphatic heterocycles. The molecule has 2 atom stereocenters. The third kappa shape index (κ3) is 2.23. The smallest absolute Gasteiger partial charge is 0.137 e. The highest BCUT2D eigenvalue weighted by atomic mass is 16.3. The molecule has 0 aromatic carbocycles. The lowest BCUT2D eigenvalue weighted by Gasteiger charge is -2.19. The summed E-state index contributed by atoms with van der Waals surface area (Å²) in [7, 11) is 0. The first-order chi connectivity index (χ1) is 7.24. The van der Waals surface area contributed by atoms with E-state index in [0.717, 1.165) is 18.8 Å². The summed E-state index contributed by atoms with van der Waals surface area (Å²) in [5.41, 5.74) is 0. The zero-order valence-corrected chi connectivity index (χ0v) is 9.56. The Morgan fingerprint density at radius 2 is 2.33 bits per heavy atom. The molecular weight excluding hydrogens is 188 g/mol. The summed E-state index contributed by atoms with van der Waals surface area (Å²) in [6.07, 6.45) is 6.97. The quantitative estimate of drug-likeness (QED) is 0.806. The third-order valence-corrected chi connectivity index (χ3v) is 3.34. The highest BCUT2D eigenvalue weighted by Gasteiger charge is 2.34. The van der Waals surface area contributed by atoms with Crippen molar-refractivity contribution in [2.24, 2.45) is 11.8 Å². The van der Waals surface area contributed by atoms with Gasteiger partial charge < -0.3 is 9.67 Å². The van der Waals surface area contributed by atoms with Crippen LogP contribution in [0.5, 0.6) is 0 Å². The Hall–Kier alpha value is -0.830. The van der Waals surface area contributed by atoms with Gasteiger partial charge in [0.25, 0.3) is 0 Å². The largest absolute Gasteiger partial charge is 0.385 e.